The highest BCUT2D eigenvalue weighted by Gasteiger charge is 2.31. The molecule has 0 radical (unpaired) electrons. The maximum Gasteiger partial charge on any atom is 0.259 e. The van der Waals surface area contributed by atoms with Crippen molar-refractivity contribution in [1.82, 2.24) is 0 Å². The highest BCUT2D eigenvalue weighted by molar-refractivity contribution is 7.90. The van der Waals surface area contributed by atoms with Crippen molar-refractivity contribution >= 4 is 32.2 Å². The Kier molecular flexibility index (Phi) is 3.82. The molecule has 6 heteroatoms. The number of carbonyl (C=O) groups is 1. The van der Waals surface area contributed by atoms with Crippen LogP contribution < -0.4 is 4.90 Å². The van der Waals surface area contributed by atoms with Crippen LogP contribution in [0, 0.1) is 0 Å². The zero-order valence-corrected chi connectivity index (χ0v) is 14.9. The van der Waals surface area contributed by atoms with E-state index in [9.17, 15) is 18.3 Å². The quantitative estimate of drug-likeness (QED) is 0.769. The van der Waals surface area contributed by atoms with E-state index in [2.05, 4.69) is 0 Å². The molecule has 5 nitrogen and oxygen atoms in total. The van der Waals surface area contributed by atoms with E-state index in [1.807, 2.05) is 30.3 Å². The summed E-state index contributed by atoms with van der Waals surface area (Å²) in [5.74, 6) is -0.136. The van der Waals surface area contributed by atoms with Gasteiger partial charge in [-0.25, -0.2) is 8.42 Å². The lowest BCUT2D eigenvalue weighted by atomic mass is 10.1. The fourth-order valence-electron chi connectivity index (χ4n) is 3.38. The summed E-state index contributed by atoms with van der Waals surface area (Å²) in [7, 11) is -3.29. The fourth-order valence-corrected chi connectivity index (χ4v) is 4.01. The molecule has 1 heterocycles. The monoisotopic (exact) mass is 367 g/mol. The van der Waals surface area contributed by atoms with E-state index in [4.69, 9.17) is 0 Å². The molecule has 0 saturated carbocycles. The van der Waals surface area contributed by atoms with Gasteiger partial charge >= 0.3 is 0 Å². The molecule has 0 aliphatic carbocycles. The minimum absolute atomic E-state index is 0.102. The largest absolute Gasteiger partial charge is 0.387 e. The van der Waals surface area contributed by atoms with Gasteiger partial charge in [0.25, 0.3) is 5.91 Å². The topological polar surface area (TPSA) is 74.7 Å². The van der Waals surface area contributed by atoms with Crippen LogP contribution in [0.2, 0.25) is 0 Å². The molecule has 4 rings (SSSR count). The van der Waals surface area contributed by atoms with Crippen LogP contribution in [-0.2, 0) is 9.84 Å². The molecule has 1 aliphatic rings. The number of hydrogen-bond acceptors (Lipinski definition) is 4. The molecule has 3 aromatic carbocycles. The van der Waals surface area contributed by atoms with Crippen molar-refractivity contribution in [3.63, 3.8) is 0 Å². The Balaban J connectivity index is 1.64. The highest BCUT2D eigenvalue weighted by Crippen LogP contribution is 2.38. The standard InChI is InChI=1S/C20H17NO4S/c1-26(24,25)15-10-8-13(9-11-15)18(22)12-21-17-7-3-5-14-4-2-6-16(19(14)17)20(21)23/h2-11,18,22H,12H2,1H3. The maximum absolute atomic E-state index is 12.8. The van der Waals surface area contributed by atoms with Crippen LogP contribution in [0.1, 0.15) is 22.0 Å². The summed E-state index contributed by atoms with van der Waals surface area (Å²) in [5.41, 5.74) is 1.99. The average molecular weight is 367 g/mol. The predicted molar refractivity (Wildman–Crippen MR) is 100 cm³/mol. The molecule has 132 valence electrons. The third-order valence-corrected chi connectivity index (χ3v) is 5.83. The summed E-state index contributed by atoms with van der Waals surface area (Å²) in [6.07, 6.45) is 0.219. The number of nitrogens with zero attached hydrogens (tertiary/aromatic N) is 1. The van der Waals surface area contributed by atoms with Crippen LogP contribution in [-0.4, -0.2) is 32.2 Å². The molecule has 0 bridgehead atoms. The molecule has 0 spiro atoms. The lowest BCUT2D eigenvalue weighted by Gasteiger charge is -2.22. The number of aliphatic hydroxyl groups excluding tert-OH is 1. The smallest absolute Gasteiger partial charge is 0.259 e. The van der Waals surface area contributed by atoms with Gasteiger partial charge in [-0.15, -0.1) is 0 Å². The van der Waals surface area contributed by atoms with E-state index >= 15 is 0 Å². The summed E-state index contributed by atoms with van der Waals surface area (Å²) < 4.78 is 23.1. The molecule has 0 fully saturated rings. The molecule has 1 amide bonds. The summed E-state index contributed by atoms with van der Waals surface area (Å²) >= 11 is 0. The van der Waals surface area contributed by atoms with Crippen LogP contribution in [0.5, 0.6) is 0 Å². The Morgan fingerprint density at radius 3 is 2.31 bits per heavy atom. The number of anilines is 1. The maximum atomic E-state index is 12.8. The summed E-state index contributed by atoms with van der Waals surface area (Å²) in [5, 5.41) is 12.5. The van der Waals surface area contributed by atoms with E-state index in [1.54, 1.807) is 23.1 Å². The number of aliphatic hydroxyl groups is 1. The zero-order valence-electron chi connectivity index (χ0n) is 14.1. The molecule has 0 aromatic heterocycles. The van der Waals surface area contributed by atoms with Crippen molar-refractivity contribution < 1.29 is 18.3 Å². The first-order chi connectivity index (χ1) is 12.4. The van der Waals surface area contributed by atoms with Gasteiger partial charge in [-0.1, -0.05) is 36.4 Å². The van der Waals surface area contributed by atoms with Crippen molar-refractivity contribution in [1.29, 1.82) is 0 Å². The number of hydrogen-bond donors (Lipinski definition) is 1. The number of β-amino-alcohol motifs (C(OH)–C–C–N with tert-alkyl or cyclic N) is 1. The average Bonchev–Trinajstić information content (AvgIpc) is 2.89. The van der Waals surface area contributed by atoms with E-state index in [0.29, 0.717) is 11.1 Å². The lowest BCUT2D eigenvalue weighted by Crippen LogP contribution is -2.31. The lowest BCUT2D eigenvalue weighted by molar-refractivity contribution is 0.0969. The van der Waals surface area contributed by atoms with Crippen LogP contribution in [0.25, 0.3) is 10.8 Å². The summed E-state index contributed by atoms with van der Waals surface area (Å²) in [6.45, 7) is 0.102. The second-order valence-corrected chi connectivity index (χ2v) is 8.47. The van der Waals surface area contributed by atoms with Gasteiger partial charge in [0.2, 0.25) is 0 Å². The van der Waals surface area contributed by atoms with Crippen LogP contribution in [0.4, 0.5) is 5.69 Å². The van der Waals surface area contributed by atoms with Gasteiger partial charge in [0, 0.05) is 17.2 Å². The Morgan fingerprint density at radius 1 is 1.00 bits per heavy atom. The van der Waals surface area contributed by atoms with Crippen molar-refractivity contribution in [3.8, 4) is 0 Å². The molecule has 1 aliphatic heterocycles. The number of rotatable bonds is 4. The van der Waals surface area contributed by atoms with Crippen molar-refractivity contribution in [2.75, 3.05) is 17.7 Å². The zero-order chi connectivity index (χ0) is 18.5. The van der Waals surface area contributed by atoms with E-state index in [0.717, 1.165) is 22.7 Å². The Bertz CT molecular complexity index is 1120. The minimum atomic E-state index is -3.29. The third kappa shape index (κ3) is 2.67. The molecule has 1 N–H and O–H groups in total. The number of sulfone groups is 1. The van der Waals surface area contributed by atoms with Crippen LogP contribution in [0.15, 0.2) is 65.6 Å². The second kappa shape index (κ2) is 5.93. The van der Waals surface area contributed by atoms with E-state index < -0.39 is 15.9 Å². The van der Waals surface area contributed by atoms with Gasteiger partial charge in [-0.3, -0.25) is 4.79 Å². The minimum Gasteiger partial charge on any atom is -0.387 e. The molecule has 26 heavy (non-hydrogen) atoms. The summed E-state index contributed by atoms with van der Waals surface area (Å²) in [6, 6.07) is 17.4. The number of benzene rings is 3. The molecular weight excluding hydrogens is 350 g/mol. The first-order valence-corrected chi connectivity index (χ1v) is 10.1. The van der Waals surface area contributed by atoms with Crippen molar-refractivity contribution in [2.24, 2.45) is 0 Å². The van der Waals surface area contributed by atoms with Gasteiger partial charge in [0.05, 0.1) is 23.2 Å². The molecular formula is C20H17NO4S. The Hall–Kier alpha value is -2.70. The predicted octanol–water partition coefficient (Wildman–Crippen LogP) is 2.94. The first kappa shape index (κ1) is 16.8. The molecule has 1 atom stereocenters. The molecule has 3 aromatic rings. The Morgan fingerprint density at radius 2 is 1.65 bits per heavy atom. The SMILES string of the molecule is CS(=O)(=O)c1ccc(C(O)CN2C(=O)c3cccc4cccc2c34)cc1. The second-order valence-electron chi connectivity index (χ2n) is 6.45. The van der Waals surface area contributed by atoms with Crippen molar-refractivity contribution in [3.05, 3.63) is 71.8 Å². The van der Waals surface area contributed by atoms with Gasteiger partial charge < -0.3 is 10.0 Å². The number of amides is 1. The van der Waals surface area contributed by atoms with Crippen LogP contribution >= 0.6 is 0 Å². The van der Waals surface area contributed by atoms with Gasteiger partial charge in [0.1, 0.15) is 0 Å². The fraction of sp³-hybridized carbons (Fsp3) is 0.150. The van der Waals surface area contributed by atoms with Gasteiger partial charge in [-0.05, 0) is 35.2 Å². The van der Waals surface area contributed by atoms with E-state index in [-0.39, 0.29) is 17.3 Å². The van der Waals surface area contributed by atoms with Gasteiger partial charge in [-0.2, -0.15) is 0 Å². The van der Waals surface area contributed by atoms with Crippen LogP contribution in [0.3, 0.4) is 0 Å². The normalized spacial score (nSPS) is 14.8. The Labute approximate surface area is 151 Å². The third-order valence-electron chi connectivity index (χ3n) is 4.70. The summed E-state index contributed by atoms with van der Waals surface area (Å²) in [4.78, 5) is 14.5. The first-order valence-electron chi connectivity index (χ1n) is 8.18. The highest BCUT2D eigenvalue weighted by atomic mass is 32.2. The van der Waals surface area contributed by atoms with E-state index in [1.165, 1.54) is 12.1 Å². The number of carbonyl (C=O) groups excluding carboxylic acids is 1. The van der Waals surface area contributed by atoms with Crippen molar-refractivity contribution in [2.45, 2.75) is 11.0 Å². The molecule has 0 saturated heterocycles. The molecule has 1 unspecified atom stereocenters. The van der Waals surface area contributed by atoms with Gasteiger partial charge in [0.15, 0.2) is 9.84 Å².